The second kappa shape index (κ2) is 30.2. The molecule has 206 valence electrons. The molecule has 2 nitrogen and oxygen atoms in total. The van der Waals surface area contributed by atoms with Gasteiger partial charge in [-0.15, -0.1) is 12.1 Å². The van der Waals surface area contributed by atoms with Crippen molar-refractivity contribution < 1.29 is 33.1 Å². The van der Waals surface area contributed by atoms with E-state index in [4.69, 9.17) is 0 Å². The maximum absolute atomic E-state index is 3.47. The molecule has 0 aromatic heterocycles. The smallest absolute Gasteiger partial charge is 1.00 e. The van der Waals surface area contributed by atoms with Crippen LogP contribution in [0.1, 0.15) is 67.1 Å². The topological polar surface area (TPSA) is 6.48 Å². The van der Waals surface area contributed by atoms with Crippen molar-refractivity contribution >= 4 is 148 Å². The number of anilines is 2. The van der Waals surface area contributed by atoms with Gasteiger partial charge in [0.05, 0.1) is 0 Å². The molecule has 0 saturated heterocycles. The Morgan fingerprint density at radius 2 is 1.05 bits per heavy atom. The van der Waals surface area contributed by atoms with Crippen molar-refractivity contribution in [1.29, 1.82) is 0 Å². The minimum absolute atomic E-state index is 0. The summed E-state index contributed by atoms with van der Waals surface area (Å²) in [4.78, 5) is 4.86. The minimum atomic E-state index is 0. The molecule has 2 fully saturated rings. The SMILES string of the molecule is CN(c1cc[c-]cc1)C1CCCCC1.CN(c1ccc(Br)cc1)C1CCCCC1.II.I[I-]I.[Br-].[H-].[H-].[Mg+2].[Mg+2]. The van der Waals surface area contributed by atoms with Crippen LogP contribution in [0, 0.1) is 6.07 Å². The van der Waals surface area contributed by atoms with Crippen LogP contribution in [-0.4, -0.2) is 72.3 Å². The molecule has 0 N–H and O–H groups in total. The molecule has 0 amide bonds. The summed E-state index contributed by atoms with van der Waals surface area (Å²) in [5.41, 5.74) is 2.67. The molecular formula is C26H38Br2I5Mg2N2-. The van der Waals surface area contributed by atoms with Gasteiger partial charge < -0.3 is 29.6 Å². The van der Waals surface area contributed by atoms with Crippen molar-refractivity contribution in [3.05, 3.63) is 59.1 Å². The number of nitrogens with zero attached hydrogens (tertiary/aromatic N) is 2. The van der Waals surface area contributed by atoms with Crippen molar-refractivity contribution in [2.45, 2.75) is 76.3 Å². The summed E-state index contributed by atoms with van der Waals surface area (Å²) in [6.07, 6.45) is 13.8. The molecule has 0 radical (unpaired) electrons. The van der Waals surface area contributed by atoms with Gasteiger partial charge in [0.15, 0.2) is 0 Å². The normalized spacial score (nSPS) is 14.8. The van der Waals surface area contributed by atoms with Gasteiger partial charge in [-0.3, -0.25) is 0 Å². The van der Waals surface area contributed by atoms with E-state index >= 15 is 0 Å². The molecule has 0 aliphatic heterocycles. The summed E-state index contributed by atoms with van der Waals surface area (Å²) in [5, 5.41) is 0. The molecule has 2 aromatic rings. The van der Waals surface area contributed by atoms with Gasteiger partial charge in [0.1, 0.15) is 0 Å². The summed E-state index contributed by atoms with van der Waals surface area (Å²) in [6.45, 7) is 0. The van der Waals surface area contributed by atoms with E-state index in [1.54, 1.807) is 0 Å². The van der Waals surface area contributed by atoms with Crippen LogP contribution in [0.2, 0.25) is 0 Å². The third-order valence-electron chi connectivity index (χ3n) is 6.59. The van der Waals surface area contributed by atoms with Crippen LogP contribution < -0.4 is 40.0 Å². The third-order valence-corrected chi connectivity index (χ3v) is 7.12. The Morgan fingerprint density at radius 3 is 1.41 bits per heavy atom. The van der Waals surface area contributed by atoms with Gasteiger partial charge in [-0.1, -0.05) is 60.1 Å². The van der Waals surface area contributed by atoms with Gasteiger partial charge in [0, 0.05) is 73.6 Å². The van der Waals surface area contributed by atoms with Crippen molar-refractivity contribution in [3.8, 4) is 0 Å². The zero-order valence-corrected chi connectivity index (χ0v) is 38.6. The van der Waals surface area contributed by atoms with E-state index in [-0.39, 0.29) is 65.9 Å². The molecule has 0 bridgehead atoms. The molecular weight excluding hydrogens is 1180 g/mol. The summed E-state index contributed by atoms with van der Waals surface area (Å²) in [7, 11) is 4.44. The van der Waals surface area contributed by atoms with Gasteiger partial charge in [-0.05, 0) is 49.9 Å². The molecule has 37 heavy (non-hydrogen) atoms. The second-order valence-electron chi connectivity index (χ2n) is 8.59. The van der Waals surface area contributed by atoms with Crippen molar-refractivity contribution in [1.82, 2.24) is 0 Å². The molecule has 0 spiro atoms. The fourth-order valence-corrected chi connectivity index (χ4v) is 4.91. The zero-order chi connectivity index (χ0) is 25.2. The van der Waals surface area contributed by atoms with Crippen LogP contribution in [0.15, 0.2) is 53.0 Å². The third kappa shape index (κ3) is 20.0. The molecule has 2 aromatic carbocycles. The largest absolute Gasteiger partial charge is 2.00 e. The summed E-state index contributed by atoms with van der Waals surface area (Å²) in [6, 6.07) is 21.5. The van der Waals surface area contributed by atoms with E-state index in [1.807, 2.05) is 12.1 Å². The quantitative estimate of drug-likeness (QED) is 0.254. The van der Waals surface area contributed by atoms with Gasteiger partial charge >= 0.3 is 96.6 Å². The second-order valence-corrected chi connectivity index (χ2v) is 25.8. The molecule has 11 heteroatoms. The van der Waals surface area contributed by atoms with E-state index in [0.717, 1.165) is 16.6 Å². The summed E-state index contributed by atoms with van der Waals surface area (Å²) in [5.74, 6) is 0. The van der Waals surface area contributed by atoms with E-state index < -0.39 is 0 Å². The van der Waals surface area contributed by atoms with Crippen LogP contribution in [0.5, 0.6) is 0 Å². The van der Waals surface area contributed by atoms with E-state index in [1.165, 1.54) is 75.6 Å². The number of rotatable bonds is 4. The maximum Gasteiger partial charge on any atom is 2.00 e. The number of benzene rings is 2. The number of hydrogen-bond donors (Lipinski definition) is 0. The molecule has 2 aliphatic rings. The predicted octanol–water partition coefficient (Wildman–Crippen LogP) is 4.49. The molecule has 0 unspecified atom stereocenters. The van der Waals surface area contributed by atoms with Gasteiger partial charge in [-0.2, -0.15) is 18.2 Å². The van der Waals surface area contributed by atoms with Crippen molar-refractivity contribution in [2.75, 3.05) is 23.9 Å². The first-order valence-corrected chi connectivity index (χ1v) is 31.4. The molecule has 0 atom stereocenters. The Bertz CT molecular complexity index is 751. The zero-order valence-electron chi connectivity index (χ0n) is 23.8. The van der Waals surface area contributed by atoms with Crippen molar-refractivity contribution in [3.63, 3.8) is 0 Å². The molecule has 2 aliphatic carbocycles. The molecule has 0 heterocycles. The first kappa shape index (κ1) is 45.6. The Balaban J connectivity index is -0.000000153. The van der Waals surface area contributed by atoms with Gasteiger partial charge in [0.25, 0.3) is 0 Å². The van der Waals surface area contributed by atoms with Crippen molar-refractivity contribution in [2.24, 2.45) is 0 Å². The Morgan fingerprint density at radius 1 is 0.730 bits per heavy atom. The standard InChI is InChI=1S/C13H18BrN.C13H18N.BrH.I3.I2.2Mg.2H/c1-15(12-5-3-2-4-6-12)13-9-7-11(14)8-10-13;1-14(12-8-4-2-5-9-12)13-10-6-3-7-11-13;;1-3-2;1-2;;;;/h7-10,12H,2-6H2,1H3;6-7,10-12H,2,4-5,8-9H2,1H3;1H;;;;;;/q;-1;;-1;;2*+2;2*-1/p-1. The molecule has 4 rings (SSSR count). The van der Waals surface area contributed by atoms with Crippen LogP contribution in [0.3, 0.4) is 0 Å². The fraction of sp³-hybridized carbons (Fsp3) is 0.538. The van der Waals surface area contributed by atoms with E-state index in [0.29, 0.717) is 13.3 Å². The average Bonchev–Trinajstić information content (AvgIpc) is 2.92. The van der Waals surface area contributed by atoms with Crippen LogP contribution in [0.25, 0.3) is 0 Å². The number of hydrogen-bond acceptors (Lipinski definition) is 2. The van der Waals surface area contributed by atoms with Crippen LogP contribution >= 0.6 is 90.4 Å². The molecule has 2 saturated carbocycles. The minimum Gasteiger partial charge on any atom is -1.00 e. The Kier molecular flexibility index (Phi) is 37.3. The summed E-state index contributed by atoms with van der Waals surface area (Å²) >= 11 is 13.0. The Labute approximate surface area is 334 Å². The average molecular weight is 1220 g/mol. The summed E-state index contributed by atoms with van der Waals surface area (Å²) < 4.78 is 1.16. The van der Waals surface area contributed by atoms with Crippen LogP contribution in [-0.2, 0) is 0 Å². The van der Waals surface area contributed by atoms with E-state index in [2.05, 4.69) is 157 Å². The van der Waals surface area contributed by atoms with Gasteiger partial charge in [0.2, 0.25) is 0 Å². The maximum atomic E-state index is 3.47. The first-order chi connectivity index (χ1) is 16.6. The Hall–Kier alpha value is 4.18. The predicted molar refractivity (Wildman–Crippen MR) is 200 cm³/mol. The number of halogens is 7. The van der Waals surface area contributed by atoms with Gasteiger partial charge in [-0.25, -0.2) is 0 Å². The van der Waals surface area contributed by atoms with E-state index in [9.17, 15) is 0 Å². The monoisotopic (exact) mass is 1220 g/mol. The van der Waals surface area contributed by atoms with Crippen LogP contribution in [0.4, 0.5) is 11.4 Å². The fourth-order valence-electron chi connectivity index (χ4n) is 4.65. The first-order valence-electron chi connectivity index (χ1n) is 11.8.